The molecule has 2 aromatic rings. The minimum atomic E-state index is -0.939. The first-order valence-electron chi connectivity index (χ1n) is 7.33. The van der Waals surface area contributed by atoms with Crippen molar-refractivity contribution in [1.82, 2.24) is 0 Å². The first-order chi connectivity index (χ1) is 11.5. The number of amides is 1. The molecule has 1 N–H and O–H groups in total. The minimum Gasteiger partial charge on any atom is -0.497 e. The Morgan fingerprint density at radius 2 is 1.62 bits per heavy atom. The lowest BCUT2D eigenvalue weighted by Crippen LogP contribution is -2.30. The standard InChI is InChI=1S/C18H19NO5/c1-12(17(20)19-14-7-9-15(22-2)10-8-14)24-18(21)13-5-4-6-16(11-13)23-3/h4-12H,1-3H3,(H,19,20)/t12-/m1/s1. The number of nitrogens with one attached hydrogen (secondary N) is 1. The van der Waals surface area contributed by atoms with E-state index in [0.29, 0.717) is 22.7 Å². The highest BCUT2D eigenvalue weighted by Crippen LogP contribution is 2.16. The van der Waals surface area contributed by atoms with Gasteiger partial charge in [0.25, 0.3) is 5.91 Å². The molecule has 0 unspecified atom stereocenters. The van der Waals surface area contributed by atoms with E-state index in [1.807, 2.05) is 0 Å². The van der Waals surface area contributed by atoms with E-state index in [2.05, 4.69) is 5.32 Å². The van der Waals surface area contributed by atoms with E-state index in [-0.39, 0.29) is 0 Å². The van der Waals surface area contributed by atoms with Crippen molar-refractivity contribution in [3.8, 4) is 11.5 Å². The first-order valence-corrected chi connectivity index (χ1v) is 7.33. The quantitative estimate of drug-likeness (QED) is 0.825. The Balaban J connectivity index is 1.95. The highest BCUT2D eigenvalue weighted by atomic mass is 16.5. The molecule has 1 atom stereocenters. The molecule has 0 aliphatic heterocycles. The van der Waals surface area contributed by atoms with Gasteiger partial charge in [0.15, 0.2) is 6.10 Å². The summed E-state index contributed by atoms with van der Waals surface area (Å²) < 4.78 is 15.3. The summed E-state index contributed by atoms with van der Waals surface area (Å²) in [6, 6.07) is 13.4. The Bertz CT molecular complexity index is 712. The third-order valence-corrected chi connectivity index (χ3v) is 3.32. The average Bonchev–Trinajstić information content (AvgIpc) is 2.62. The van der Waals surface area contributed by atoms with Gasteiger partial charge in [-0.25, -0.2) is 4.79 Å². The monoisotopic (exact) mass is 329 g/mol. The Labute approximate surface area is 140 Å². The Morgan fingerprint density at radius 1 is 0.958 bits per heavy atom. The van der Waals surface area contributed by atoms with Crippen molar-refractivity contribution in [2.45, 2.75) is 13.0 Å². The molecule has 0 heterocycles. The van der Waals surface area contributed by atoms with Gasteiger partial charge in [0.2, 0.25) is 0 Å². The van der Waals surface area contributed by atoms with Crippen LogP contribution in [0.5, 0.6) is 11.5 Å². The fourth-order valence-corrected chi connectivity index (χ4v) is 1.95. The van der Waals surface area contributed by atoms with Gasteiger partial charge >= 0.3 is 5.97 Å². The first kappa shape index (κ1) is 17.3. The lowest BCUT2D eigenvalue weighted by molar-refractivity contribution is -0.123. The van der Waals surface area contributed by atoms with Crippen LogP contribution in [0.3, 0.4) is 0 Å². The van der Waals surface area contributed by atoms with Crippen molar-refractivity contribution in [3.63, 3.8) is 0 Å². The molecule has 0 saturated heterocycles. The van der Waals surface area contributed by atoms with Crippen LogP contribution in [-0.4, -0.2) is 32.2 Å². The van der Waals surface area contributed by atoms with E-state index in [1.165, 1.54) is 14.0 Å². The van der Waals surface area contributed by atoms with E-state index in [1.54, 1.807) is 55.6 Å². The van der Waals surface area contributed by atoms with Gasteiger partial charge in [-0.3, -0.25) is 4.79 Å². The lowest BCUT2D eigenvalue weighted by Gasteiger charge is -2.14. The molecule has 0 aliphatic carbocycles. The third-order valence-electron chi connectivity index (χ3n) is 3.32. The summed E-state index contributed by atoms with van der Waals surface area (Å²) in [5.74, 6) is 0.216. The smallest absolute Gasteiger partial charge is 0.339 e. The largest absolute Gasteiger partial charge is 0.497 e. The van der Waals surface area contributed by atoms with Gasteiger partial charge in [-0.2, -0.15) is 0 Å². The Hall–Kier alpha value is -3.02. The summed E-state index contributed by atoms with van der Waals surface area (Å²) in [6.07, 6.45) is -0.939. The van der Waals surface area contributed by atoms with E-state index < -0.39 is 18.0 Å². The van der Waals surface area contributed by atoms with Crippen LogP contribution in [0.15, 0.2) is 48.5 Å². The summed E-state index contributed by atoms with van der Waals surface area (Å²) in [5.41, 5.74) is 0.906. The topological polar surface area (TPSA) is 73.9 Å². The molecule has 24 heavy (non-hydrogen) atoms. The highest BCUT2D eigenvalue weighted by Gasteiger charge is 2.19. The summed E-state index contributed by atoms with van der Waals surface area (Å²) in [5, 5.41) is 2.68. The molecule has 126 valence electrons. The molecule has 6 nitrogen and oxygen atoms in total. The Morgan fingerprint density at radius 3 is 2.25 bits per heavy atom. The van der Waals surface area contributed by atoms with Crippen LogP contribution in [0.25, 0.3) is 0 Å². The van der Waals surface area contributed by atoms with Crippen LogP contribution in [0.2, 0.25) is 0 Å². The number of ether oxygens (including phenoxy) is 3. The van der Waals surface area contributed by atoms with Gasteiger partial charge in [-0.05, 0) is 49.4 Å². The maximum Gasteiger partial charge on any atom is 0.339 e. The number of carbonyl (C=O) groups excluding carboxylic acids is 2. The van der Waals surface area contributed by atoms with Gasteiger partial charge in [0.1, 0.15) is 11.5 Å². The molecule has 0 aromatic heterocycles. The maximum atomic E-state index is 12.1. The zero-order valence-corrected chi connectivity index (χ0v) is 13.7. The molecule has 2 rings (SSSR count). The van der Waals surface area contributed by atoms with E-state index >= 15 is 0 Å². The molecular weight excluding hydrogens is 310 g/mol. The van der Waals surface area contributed by atoms with Crippen LogP contribution in [0, 0.1) is 0 Å². The predicted octanol–water partition coefficient (Wildman–Crippen LogP) is 2.89. The highest BCUT2D eigenvalue weighted by molar-refractivity contribution is 5.97. The zero-order chi connectivity index (χ0) is 17.5. The van der Waals surface area contributed by atoms with E-state index in [9.17, 15) is 9.59 Å². The molecule has 6 heteroatoms. The number of carbonyl (C=O) groups is 2. The van der Waals surface area contributed by atoms with Crippen LogP contribution in [0.4, 0.5) is 5.69 Å². The summed E-state index contributed by atoms with van der Waals surface area (Å²) in [4.78, 5) is 24.2. The van der Waals surface area contributed by atoms with Crippen LogP contribution >= 0.6 is 0 Å². The molecule has 1 amide bonds. The van der Waals surface area contributed by atoms with Crippen molar-refractivity contribution < 1.29 is 23.8 Å². The summed E-state index contributed by atoms with van der Waals surface area (Å²) in [6.45, 7) is 1.51. The number of anilines is 1. The predicted molar refractivity (Wildman–Crippen MR) is 89.5 cm³/mol. The SMILES string of the molecule is COc1ccc(NC(=O)[C@@H](C)OC(=O)c2cccc(OC)c2)cc1. The van der Waals surface area contributed by atoms with Gasteiger partial charge in [0, 0.05) is 5.69 Å². The third kappa shape index (κ3) is 4.49. The van der Waals surface area contributed by atoms with Gasteiger partial charge in [-0.1, -0.05) is 6.07 Å². The molecule has 0 fully saturated rings. The molecule has 0 aliphatic rings. The molecule has 0 spiro atoms. The normalized spacial score (nSPS) is 11.3. The lowest BCUT2D eigenvalue weighted by atomic mass is 10.2. The van der Waals surface area contributed by atoms with Crippen molar-refractivity contribution in [1.29, 1.82) is 0 Å². The van der Waals surface area contributed by atoms with Crippen molar-refractivity contribution >= 4 is 17.6 Å². The number of esters is 1. The molecular formula is C18H19NO5. The van der Waals surface area contributed by atoms with Crippen LogP contribution in [0.1, 0.15) is 17.3 Å². The average molecular weight is 329 g/mol. The van der Waals surface area contributed by atoms with E-state index in [0.717, 1.165) is 0 Å². The second-order valence-electron chi connectivity index (χ2n) is 5.00. The van der Waals surface area contributed by atoms with Crippen molar-refractivity contribution in [2.75, 3.05) is 19.5 Å². The number of rotatable bonds is 6. The number of benzene rings is 2. The van der Waals surface area contributed by atoms with Crippen LogP contribution in [-0.2, 0) is 9.53 Å². The molecule has 0 saturated carbocycles. The van der Waals surface area contributed by atoms with Gasteiger partial charge in [0.05, 0.1) is 19.8 Å². The fraction of sp³-hybridized carbons (Fsp3) is 0.222. The number of hydrogen-bond donors (Lipinski definition) is 1. The molecule has 0 radical (unpaired) electrons. The number of methoxy groups -OCH3 is 2. The van der Waals surface area contributed by atoms with Gasteiger partial charge < -0.3 is 19.5 Å². The van der Waals surface area contributed by atoms with E-state index in [4.69, 9.17) is 14.2 Å². The maximum absolute atomic E-state index is 12.1. The Kier molecular flexibility index (Phi) is 5.78. The van der Waals surface area contributed by atoms with Crippen molar-refractivity contribution in [2.24, 2.45) is 0 Å². The molecule has 0 bridgehead atoms. The van der Waals surface area contributed by atoms with Gasteiger partial charge in [-0.15, -0.1) is 0 Å². The molecule has 2 aromatic carbocycles. The number of hydrogen-bond acceptors (Lipinski definition) is 5. The van der Waals surface area contributed by atoms with Crippen molar-refractivity contribution in [3.05, 3.63) is 54.1 Å². The second kappa shape index (κ2) is 8.01. The second-order valence-corrected chi connectivity index (χ2v) is 5.00. The summed E-state index contributed by atoms with van der Waals surface area (Å²) >= 11 is 0. The fourth-order valence-electron chi connectivity index (χ4n) is 1.95. The zero-order valence-electron chi connectivity index (χ0n) is 13.7. The minimum absolute atomic E-state index is 0.318. The summed E-state index contributed by atoms with van der Waals surface area (Å²) in [7, 11) is 3.07. The van der Waals surface area contributed by atoms with Crippen LogP contribution < -0.4 is 14.8 Å².